The van der Waals surface area contributed by atoms with Crippen LogP contribution in [0.15, 0.2) is 6.33 Å². The highest BCUT2D eigenvalue weighted by molar-refractivity contribution is 5.75. The van der Waals surface area contributed by atoms with Crippen LogP contribution in [-0.2, 0) is 16.1 Å². The van der Waals surface area contributed by atoms with Gasteiger partial charge in [-0.3, -0.25) is 9.69 Å². The fourth-order valence-corrected chi connectivity index (χ4v) is 1.77. The molecule has 0 radical (unpaired) electrons. The maximum absolute atomic E-state index is 11.6. The average molecular weight is 254 g/mol. The van der Waals surface area contributed by atoms with E-state index in [9.17, 15) is 4.79 Å². The molecule has 2 rings (SSSR count). The van der Waals surface area contributed by atoms with E-state index in [-0.39, 0.29) is 18.4 Å². The van der Waals surface area contributed by atoms with Crippen molar-refractivity contribution in [1.29, 1.82) is 0 Å². The number of carbonyl (C=O) groups is 1. The maximum Gasteiger partial charge on any atom is 0.241 e. The Hall–Kier alpha value is -1.67. The quantitative estimate of drug-likeness (QED) is 0.650. The molecule has 1 aromatic heterocycles. The Balaban J connectivity index is 1.62. The van der Waals surface area contributed by atoms with Crippen molar-refractivity contribution in [2.24, 2.45) is 0 Å². The van der Waals surface area contributed by atoms with Crippen LogP contribution in [0.4, 0.5) is 5.95 Å². The molecular weight excluding hydrogens is 236 g/mol. The molecule has 0 atom stereocenters. The van der Waals surface area contributed by atoms with Crippen molar-refractivity contribution >= 4 is 11.9 Å². The molecule has 0 saturated carbocycles. The minimum absolute atomic E-state index is 0.0897. The number of nitrogen functional groups attached to an aromatic ring is 1. The summed E-state index contributed by atoms with van der Waals surface area (Å²) in [7, 11) is 0. The second kappa shape index (κ2) is 6.31. The number of hydrogen-bond donors (Lipinski definition) is 2. The van der Waals surface area contributed by atoms with Crippen LogP contribution in [0.2, 0.25) is 0 Å². The van der Waals surface area contributed by atoms with Gasteiger partial charge in [-0.1, -0.05) is 0 Å². The summed E-state index contributed by atoms with van der Waals surface area (Å²) in [5.74, 6) is 0.0873. The summed E-state index contributed by atoms with van der Waals surface area (Å²) in [5.41, 5.74) is 5.36. The number of carbonyl (C=O) groups excluding carboxylic acids is 1. The van der Waals surface area contributed by atoms with Crippen LogP contribution in [0.5, 0.6) is 0 Å². The molecule has 2 heterocycles. The molecule has 8 heteroatoms. The highest BCUT2D eigenvalue weighted by Gasteiger charge is 2.10. The van der Waals surface area contributed by atoms with Crippen molar-refractivity contribution in [3.05, 3.63) is 6.33 Å². The third-order valence-electron chi connectivity index (χ3n) is 2.71. The number of nitrogens with zero attached hydrogens (tertiary/aromatic N) is 4. The van der Waals surface area contributed by atoms with E-state index in [2.05, 4.69) is 20.3 Å². The first kappa shape index (κ1) is 12.8. The average Bonchev–Trinajstić information content (AvgIpc) is 2.76. The Kier molecular flexibility index (Phi) is 4.48. The van der Waals surface area contributed by atoms with E-state index in [4.69, 9.17) is 10.5 Å². The topological polar surface area (TPSA) is 98.3 Å². The van der Waals surface area contributed by atoms with Crippen LogP contribution in [0.3, 0.4) is 0 Å². The lowest BCUT2D eigenvalue weighted by molar-refractivity contribution is -0.121. The summed E-state index contributed by atoms with van der Waals surface area (Å²) in [6, 6.07) is 0. The molecule has 8 nitrogen and oxygen atoms in total. The monoisotopic (exact) mass is 254 g/mol. The van der Waals surface area contributed by atoms with Crippen molar-refractivity contribution in [3.63, 3.8) is 0 Å². The molecule has 100 valence electrons. The molecule has 1 fully saturated rings. The maximum atomic E-state index is 11.6. The van der Waals surface area contributed by atoms with E-state index in [1.54, 1.807) is 0 Å². The van der Waals surface area contributed by atoms with Crippen LogP contribution in [0.25, 0.3) is 0 Å². The second-order valence-electron chi connectivity index (χ2n) is 4.10. The normalized spacial score (nSPS) is 16.7. The predicted molar refractivity (Wildman–Crippen MR) is 64.7 cm³/mol. The van der Waals surface area contributed by atoms with Crippen LogP contribution in [0.1, 0.15) is 0 Å². The Morgan fingerprint density at radius 2 is 2.28 bits per heavy atom. The summed E-state index contributed by atoms with van der Waals surface area (Å²) in [4.78, 5) is 17.6. The lowest BCUT2D eigenvalue weighted by Gasteiger charge is -2.26. The zero-order chi connectivity index (χ0) is 12.8. The van der Waals surface area contributed by atoms with Gasteiger partial charge < -0.3 is 15.8 Å². The molecule has 0 aliphatic carbocycles. The Labute approximate surface area is 105 Å². The van der Waals surface area contributed by atoms with Gasteiger partial charge in [0.05, 0.1) is 13.2 Å². The number of morpholine rings is 1. The largest absolute Gasteiger partial charge is 0.379 e. The number of aromatic nitrogens is 3. The standard InChI is InChI=1S/C10H18N6O2/c11-10-13-8-16(14-10)7-9(17)12-1-2-15-3-5-18-6-4-15/h8H,1-7H2,(H2,11,14)(H,12,17). The van der Waals surface area contributed by atoms with E-state index >= 15 is 0 Å². The van der Waals surface area contributed by atoms with Crippen LogP contribution < -0.4 is 11.1 Å². The van der Waals surface area contributed by atoms with Gasteiger partial charge in [0, 0.05) is 26.2 Å². The fraction of sp³-hybridized carbons (Fsp3) is 0.700. The van der Waals surface area contributed by atoms with Gasteiger partial charge >= 0.3 is 0 Å². The summed E-state index contributed by atoms with van der Waals surface area (Å²) in [5, 5.41) is 6.68. The van der Waals surface area contributed by atoms with E-state index in [0.29, 0.717) is 6.54 Å². The second-order valence-corrected chi connectivity index (χ2v) is 4.10. The molecule has 1 saturated heterocycles. The SMILES string of the molecule is Nc1ncn(CC(=O)NCCN2CCOCC2)n1. The van der Waals surface area contributed by atoms with E-state index < -0.39 is 0 Å². The molecule has 18 heavy (non-hydrogen) atoms. The number of rotatable bonds is 5. The van der Waals surface area contributed by atoms with E-state index in [1.807, 2.05) is 0 Å². The van der Waals surface area contributed by atoms with Gasteiger partial charge in [-0.25, -0.2) is 9.67 Å². The van der Waals surface area contributed by atoms with E-state index in [1.165, 1.54) is 11.0 Å². The van der Waals surface area contributed by atoms with Gasteiger partial charge in [-0.15, -0.1) is 5.10 Å². The van der Waals surface area contributed by atoms with Crippen molar-refractivity contribution < 1.29 is 9.53 Å². The molecule has 1 amide bonds. The van der Waals surface area contributed by atoms with Crippen LogP contribution in [0, 0.1) is 0 Å². The summed E-state index contributed by atoms with van der Waals surface area (Å²) in [6.45, 7) is 5.01. The minimum atomic E-state index is -0.0897. The Morgan fingerprint density at radius 1 is 1.50 bits per heavy atom. The van der Waals surface area contributed by atoms with Crippen molar-refractivity contribution in [2.45, 2.75) is 6.54 Å². The Bertz CT molecular complexity index is 387. The summed E-state index contributed by atoms with van der Waals surface area (Å²) < 4.78 is 6.67. The summed E-state index contributed by atoms with van der Waals surface area (Å²) >= 11 is 0. The van der Waals surface area contributed by atoms with Crippen molar-refractivity contribution in [2.75, 3.05) is 45.1 Å². The first-order valence-electron chi connectivity index (χ1n) is 5.96. The lowest BCUT2D eigenvalue weighted by Crippen LogP contribution is -2.41. The number of nitrogens with two attached hydrogens (primary N) is 1. The molecule has 0 spiro atoms. The molecule has 0 unspecified atom stereocenters. The van der Waals surface area contributed by atoms with E-state index in [0.717, 1.165) is 32.8 Å². The van der Waals surface area contributed by atoms with Gasteiger partial charge in [0.25, 0.3) is 0 Å². The molecule has 1 aromatic rings. The van der Waals surface area contributed by atoms with Gasteiger partial charge in [-0.2, -0.15) is 0 Å². The highest BCUT2D eigenvalue weighted by atomic mass is 16.5. The molecule has 1 aliphatic rings. The predicted octanol–water partition coefficient (Wildman–Crippen LogP) is -1.69. The zero-order valence-corrected chi connectivity index (χ0v) is 10.2. The molecular formula is C10H18N6O2. The molecule has 0 aromatic carbocycles. The number of amides is 1. The third kappa shape index (κ3) is 3.97. The highest BCUT2D eigenvalue weighted by Crippen LogP contribution is 1.95. The lowest BCUT2D eigenvalue weighted by atomic mass is 10.4. The molecule has 0 bridgehead atoms. The van der Waals surface area contributed by atoms with Crippen LogP contribution >= 0.6 is 0 Å². The van der Waals surface area contributed by atoms with Crippen molar-refractivity contribution in [3.8, 4) is 0 Å². The summed E-state index contributed by atoms with van der Waals surface area (Å²) in [6.07, 6.45) is 1.44. The molecule has 1 aliphatic heterocycles. The fourth-order valence-electron chi connectivity index (χ4n) is 1.77. The van der Waals surface area contributed by atoms with Crippen molar-refractivity contribution in [1.82, 2.24) is 25.0 Å². The van der Waals surface area contributed by atoms with Gasteiger partial charge in [0.15, 0.2) is 0 Å². The minimum Gasteiger partial charge on any atom is -0.379 e. The van der Waals surface area contributed by atoms with Gasteiger partial charge in [-0.05, 0) is 0 Å². The number of nitrogens with one attached hydrogen (secondary N) is 1. The first-order valence-corrected chi connectivity index (χ1v) is 5.96. The van der Waals surface area contributed by atoms with Crippen LogP contribution in [-0.4, -0.2) is 65.0 Å². The zero-order valence-electron chi connectivity index (χ0n) is 10.2. The smallest absolute Gasteiger partial charge is 0.241 e. The number of anilines is 1. The molecule has 3 N–H and O–H groups in total. The third-order valence-corrected chi connectivity index (χ3v) is 2.71. The first-order chi connectivity index (χ1) is 8.74. The van der Waals surface area contributed by atoms with Gasteiger partial charge in [0.1, 0.15) is 12.9 Å². The van der Waals surface area contributed by atoms with Gasteiger partial charge in [0.2, 0.25) is 11.9 Å². The number of ether oxygens (including phenoxy) is 1. The Morgan fingerprint density at radius 3 is 2.94 bits per heavy atom. The number of hydrogen-bond acceptors (Lipinski definition) is 6.